The Morgan fingerprint density at radius 3 is 2.52 bits per heavy atom. The van der Waals surface area contributed by atoms with Crippen LogP contribution in [0.15, 0.2) is 24.3 Å². The largest absolute Gasteiger partial charge is 0.573 e. The molecule has 25 heavy (non-hydrogen) atoms. The number of likely N-dealkylation sites (tertiary alicyclic amines) is 1. The first-order valence-corrected chi connectivity index (χ1v) is 8.31. The van der Waals surface area contributed by atoms with Crippen LogP contribution in [0.5, 0.6) is 5.75 Å². The molecule has 1 unspecified atom stereocenters. The van der Waals surface area contributed by atoms with E-state index in [1.54, 1.807) is 4.90 Å². The highest BCUT2D eigenvalue weighted by Gasteiger charge is 2.32. The Labute approximate surface area is 151 Å². The van der Waals surface area contributed by atoms with Gasteiger partial charge in [-0.2, -0.15) is 0 Å². The number of halogens is 4. The molecule has 4 nitrogen and oxygen atoms in total. The summed E-state index contributed by atoms with van der Waals surface area (Å²) >= 11 is 0. The molecule has 1 amide bonds. The van der Waals surface area contributed by atoms with E-state index < -0.39 is 6.36 Å². The average molecular weight is 379 g/mol. The quantitative estimate of drug-likeness (QED) is 0.873. The summed E-state index contributed by atoms with van der Waals surface area (Å²) in [6.45, 7) is 2.36. The van der Waals surface area contributed by atoms with E-state index in [2.05, 4.69) is 10.1 Å². The zero-order valence-electron chi connectivity index (χ0n) is 13.7. The van der Waals surface area contributed by atoms with Crippen LogP contribution < -0.4 is 10.1 Å². The number of benzene rings is 1. The van der Waals surface area contributed by atoms with Gasteiger partial charge in [0.1, 0.15) is 5.75 Å². The van der Waals surface area contributed by atoms with Gasteiger partial charge in [0.2, 0.25) is 0 Å². The van der Waals surface area contributed by atoms with E-state index in [0.29, 0.717) is 25.0 Å². The number of alkyl halides is 3. The molecule has 1 aromatic carbocycles. The normalized spacial score (nSPS) is 21.7. The number of carbonyl (C=O) groups is 1. The number of hydrogen-bond donors (Lipinski definition) is 1. The van der Waals surface area contributed by atoms with E-state index in [-0.39, 0.29) is 29.6 Å². The molecular formula is C17H22ClF3N2O2. The predicted molar refractivity (Wildman–Crippen MR) is 90.0 cm³/mol. The van der Waals surface area contributed by atoms with Crippen molar-refractivity contribution in [3.63, 3.8) is 0 Å². The fourth-order valence-corrected chi connectivity index (χ4v) is 3.63. The summed E-state index contributed by atoms with van der Waals surface area (Å²) in [7, 11) is 0. The van der Waals surface area contributed by atoms with Crippen LogP contribution in [-0.2, 0) is 0 Å². The van der Waals surface area contributed by atoms with Crippen molar-refractivity contribution < 1.29 is 22.7 Å². The number of piperidine rings is 1. The second kappa shape index (κ2) is 8.27. The second-order valence-corrected chi connectivity index (χ2v) is 6.41. The SMILES string of the molecule is Cl.O=C(c1cccc(OC(F)(F)F)c1)N1CCC(C2CCCN2)CC1. The van der Waals surface area contributed by atoms with Crippen LogP contribution in [0.3, 0.4) is 0 Å². The Morgan fingerprint density at radius 1 is 1.20 bits per heavy atom. The highest BCUT2D eigenvalue weighted by Crippen LogP contribution is 2.27. The van der Waals surface area contributed by atoms with Crippen LogP contribution in [-0.4, -0.2) is 42.8 Å². The molecule has 0 radical (unpaired) electrons. The lowest BCUT2D eigenvalue weighted by molar-refractivity contribution is -0.274. The van der Waals surface area contributed by atoms with Gasteiger partial charge in [-0.05, 0) is 56.3 Å². The third-order valence-corrected chi connectivity index (χ3v) is 4.81. The van der Waals surface area contributed by atoms with E-state index in [1.165, 1.54) is 31.0 Å². The highest BCUT2D eigenvalue weighted by molar-refractivity contribution is 5.94. The molecule has 0 aromatic heterocycles. The monoisotopic (exact) mass is 378 g/mol. The van der Waals surface area contributed by atoms with E-state index in [0.717, 1.165) is 25.5 Å². The molecule has 0 saturated carbocycles. The van der Waals surface area contributed by atoms with Crippen molar-refractivity contribution in [3.05, 3.63) is 29.8 Å². The van der Waals surface area contributed by atoms with Crippen LogP contribution in [0, 0.1) is 5.92 Å². The molecule has 8 heteroatoms. The summed E-state index contributed by atoms with van der Waals surface area (Å²) in [5, 5.41) is 3.50. The standard InChI is InChI=1S/C17H21F3N2O2.ClH/c18-17(19,20)24-14-4-1-3-13(11-14)16(23)22-9-6-12(7-10-22)15-5-2-8-21-15;/h1,3-4,11-12,15,21H,2,5-10H2;1H. The van der Waals surface area contributed by atoms with Gasteiger partial charge in [-0.3, -0.25) is 4.79 Å². The van der Waals surface area contributed by atoms with Crippen LogP contribution in [0.25, 0.3) is 0 Å². The van der Waals surface area contributed by atoms with Crippen molar-refractivity contribution in [2.45, 2.75) is 38.1 Å². The molecule has 1 atom stereocenters. The number of ether oxygens (including phenoxy) is 1. The summed E-state index contributed by atoms with van der Waals surface area (Å²) in [5.41, 5.74) is 0.231. The van der Waals surface area contributed by atoms with Crippen LogP contribution in [0.4, 0.5) is 13.2 Å². The first-order chi connectivity index (χ1) is 11.4. The minimum absolute atomic E-state index is 0. The van der Waals surface area contributed by atoms with Crippen molar-refractivity contribution in [2.24, 2.45) is 5.92 Å². The van der Waals surface area contributed by atoms with Gasteiger partial charge < -0.3 is 15.0 Å². The average Bonchev–Trinajstić information content (AvgIpc) is 3.07. The van der Waals surface area contributed by atoms with Crippen molar-refractivity contribution in [1.82, 2.24) is 10.2 Å². The summed E-state index contributed by atoms with van der Waals surface area (Å²) in [4.78, 5) is 14.2. The van der Waals surface area contributed by atoms with Crippen LogP contribution in [0.1, 0.15) is 36.0 Å². The topological polar surface area (TPSA) is 41.6 Å². The van der Waals surface area contributed by atoms with E-state index in [4.69, 9.17) is 0 Å². The molecule has 1 N–H and O–H groups in total. The summed E-state index contributed by atoms with van der Waals surface area (Å²) in [6, 6.07) is 5.83. The molecule has 0 spiro atoms. The summed E-state index contributed by atoms with van der Waals surface area (Å²) in [6.07, 6.45) is -0.496. The Kier molecular flexibility index (Phi) is 6.57. The lowest BCUT2D eigenvalue weighted by Crippen LogP contribution is -2.43. The molecule has 2 fully saturated rings. The Bertz CT molecular complexity index is 584. The van der Waals surface area contributed by atoms with Crippen molar-refractivity contribution in [2.75, 3.05) is 19.6 Å². The summed E-state index contributed by atoms with van der Waals surface area (Å²) in [5.74, 6) is -0.0182. The van der Waals surface area contributed by atoms with Gasteiger partial charge in [0, 0.05) is 24.7 Å². The molecule has 2 aliphatic heterocycles. The van der Waals surface area contributed by atoms with Gasteiger partial charge >= 0.3 is 6.36 Å². The molecule has 0 aliphatic carbocycles. The molecule has 2 saturated heterocycles. The lowest BCUT2D eigenvalue weighted by Gasteiger charge is -2.35. The third-order valence-electron chi connectivity index (χ3n) is 4.81. The van der Waals surface area contributed by atoms with E-state index >= 15 is 0 Å². The van der Waals surface area contributed by atoms with Gasteiger partial charge in [0.15, 0.2) is 0 Å². The number of nitrogens with one attached hydrogen (secondary N) is 1. The maximum Gasteiger partial charge on any atom is 0.573 e. The molecular weight excluding hydrogens is 357 g/mol. The molecule has 2 heterocycles. The Balaban J connectivity index is 0.00000225. The van der Waals surface area contributed by atoms with Crippen molar-refractivity contribution in [3.8, 4) is 5.75 Å². The van der Waals surface area contributed by atoms with Crippen molar-refractivity contribution in [1.29, 1.82) is 0 Å². The maximum absolute atomic E-state index is 12.5. The van der Waals surface area contributed by atoms with Crippen LogP contribution >= 0.6 is 12.4 Å². The number of nitrogens with zero attached hydrogens (tertiary/aromatic N) is 1. The number of carbonyl (C=O) groups excluding carboxylic acids is 1. The fourth-order valence-electron chi connectivity index (χ4n) is 3.63. The zero-order chi connectivity index (χ0) is 17.2. The second-order valence-electron chi connectivity index (χ2n) is 6.41. The molecule has 0 bridgehead atoms. The number of hydrogen-bond acceptors (Lipinski definition) is 3. The van der Waals surface area contributed by atoms with Gasteiger partial charge in [-0.25, -0.2) is 0 Å². The van der Waals surface area contributed by atoms with E-state index in [1.807, 2.05) is 0 Å². The molecule has 140 valence electrons. The highest BCUT2D eigenvalue weighted by atomic mass is 35.5. The van der Waals surface area contributed by atoms with E-state index in [9.17, 15) is 18.0 Å². The Morgan fingerprint density at radius 2 is 1.92 bits per heavy atom. The third kappa shape index (κ3) is 5.25. The minimum Gasteiger partial charge on any atom is -0.406 e. The molecule has 1 aromatic rings. The van der Waals surface area contributed by atoms with Gasteiger partial charge in [-0.1, -0.05) is 6.07 Å². The lowest BCUT2D eigenvalue weighted by atomic mass is 9.88. The number of rotatable bonds is 3. The Hall–Kier alpha value is -1.47. The zero-order valence-corrected chi connectivity index (χ0v) is 14.5. The molecule has 3 rings (SSSR count). The first-order valence-electron chi connectivity index (χ1n) is 8.31. The predicted octanol–water partition coefficient (Wildman–Crippen LogP) is 3.61. The van der Waals surface area contributed by atoms with Crippen LogP contribution in [0.2, 0.25) is 0 Å². The summed E-state index contributed by atoms with van der Waals surface area (Å²) < 4.78 is 40.8. The van der Waals surface area contributed by atoms with Crippen molar-refractivity contribution >= 4 is 18.3 Å². The van der Waals surface area contributed by atoms with Gasteiger partial charge in [0.05, 0.1) is 0 Å². The fraction of sp³-hybridized carbons (Fsp3) is 0.588. The smallest absolute Gasteiger partial charge is 0.406 e. The minimum atomic E-state index is -4.76. The molecule has 2 aliphatic rings. The first kappa shape index (κ1) is 19.8. The van der Waals surface area contributed by atoms with Gasteiger partial charge in [0.25, 0.3) is 5.91 Å². The van der Waals surface area contributed by atoms with Gasteiger partial charge in [-0.15, -0.1) is 25.6 Å². The maximum atomic E-state index is 12.5. The number of amides is 1.